The first-order valence-electron chi connectivity index (χ1n) is 11.4. The summed E-state index contributed by atoms with van der Waals surface area (Å²) in [7, 11) is -3.87. The highest BCUT2D eigenvalue weighted by atomic mass is 32.2. The molecule has 4 bridgehead atoms. The zero-order valence-corrected chi connectivity index (χ0v) is 19.7. The molecule has 0 spiro atoms. The lowest BCUT2D eigenvalue weighted by Crippen LogP contribution is -2.37. The Hall–Kier alpha value is -3.13. The number of fused-ring (bicyclic) bond motifs is 5. The summed E-state index contributed by atoms with van der Waals surface area (Å²) in [5.41, 5.74) is 4.46. The summed E-state index contributed by atoms with van der Waals surface area (Å²) in [6, 6.07) is 14.8. The monoisotopic (exact) mass is 464 g/mol. The van der Waals surface area contributed by atoms with E-state index in [0.29, 0.717) is 11.6 Å². The van der Waals surface area contributed by atoms with Crippen molar-refractivity contribution < 1.29 is 13.2 Å². The summed E-state index contributed by atoms with van der Waals surface area (Å²) in [5.74, 6) is 0.387. The van der Waals surface area contributed by atoms with Crippen molar-refractivity contribution in [1.29, 1.82) is 0 Å². The van der Waals surface area contributed by atoms with Crippen molar-refractivity contribution in [3.8, 4) is 17.1 Å². The summed E-state index contributed by atoms with van der Waals surface area (Å²) in [5, 5.41) is 3.53. The van der Waals surface area contributed by atoms with Crippen LogP contribution in [0.4, 0.5) is 11.6 Å². The van der Waals surface area contributed by atoms with Gasteiger partial charge in [0.25, 0.3) is 10.0 Å². The second-order valence-electron chi connectivity index (χ2n) is 8.86. The molecule has 1 aromatic heterocycles. The Balaban J connectivity index is 1.68. The molecule has 1 aliphatic heterocycles. The number of hydrogen-bond donors (Lipinski definition) is 2. The van der Waals surface area contributed by atoms with Crippen LogP contribution in [-0.4, -0.2) is 30.5 Å². The number of aromatic nitrogens is 2. The third-order valence-corrected chi connectivity index (χ3v) is 7.71. The van der Waals surface area contributed by atoms with Gasteiger partial charge >= 0.3 is 0 Å². The van der Waals surface area contributed by atoms with Gasteiger partial charge in [-0.25, -0.2) is 18.1 Å². The smallest absolute Gasteiger partial charge is 0.264 e. The van der Waals surface area contributed by atoms with E-state index in [1.807, 2.05) is 44.2 Å². The molecule has 0 saturated heterocycles. The van der Waals surface area contributed by atoms with Gasteiger partial charge in [-0.05, 0) is 62.4 Å². The fourth-order valence-electron chi connectivity index (χ4n) is 4.76. The summed E-state index contributed by atoms with van der Waals surface area (Å²) in [6.45, 7) is 4.04. The van der Waals surface area contributed by atoms with Gasteiger partial charge in [0.2, 0.25) is 11.8 Å². The van der Waals surface area contributed by atoms with Gasteiger partial charge in [0.05, 0.1) is 16.6 Å². The maximum atomic E-state index is 13.1. The van der Waals surface area contributed by atoms with Crippen molar-refractivity contribution in [2.75, 3.05) is 10.0 Å². The van der Waals surface area contributed by atoms with Gasteiger partial charge < -0.3 is 10.1 Å². The number of ether oxygens (including phenoxy) is 1. The number of benzene rings is 2. The lowest BCUT2D eigenvalue weighted by molar-refractivity contribution is 0.163. The molecule has 2 aromatic carbocycles. The van der Waals surface area contributed by atoms with Crippen LogP contribution in [-0.2, 0) is 10.0 Å². The van der Waals surface area contributed by atoms with E-state index in [0.717, 1.165) is 54.5 Å². The fourth-order valence-corrected chi connectivity index (χ4v) is 5.75. The molecule has 33 heavy (non-hydrogen) atoms. The SMILES string of the molecule is Cc1cccc(C)c1-c1cc2nc(n1)NS(=O)(=O)c1cccc(c1)NC1CCCCCC1O2. The maximum absolute atomic E-state index is 13.1. The largest absolute Gasteiger partial charge is 0.472 e. The quantitative estimate of drug-likeness (QED) is 0.522. The first-order chi connectivity index (χ1) is 15.9. The number of aryl methyl sites for hydroxylation is 2. The zero-order valence-electron chi connectivity index (χ0n) is 18.8. The Morgan fingerprint density at radius 1 is 0.939 bits per heavy atom. The highest BCUT2D eigenvalue weighted by Gasteiger charge is 2.28. The minimum absolute atomic E-state index is 0.00857. The van der Waals surface area contributed by atoms with Gasteiger partial charge in [0, 0.05) is 17.3 Å². The second-order valence-corrected chi connectivity index (χ2v) is 10.5. The van der Waals surface area contributed by atoms with Crippen molar-refractivity contribution in [2.45, 2.75) is 63.0 Å². The van der Waals surface area contributed by atoms with Crippen molar-refractivity contribution in [3.05, 3.63) is 59.7 Å². The Labute approximate surface area is 194 Å². The van der Waals surface area contributed by atoms with E-state index in [-0.39, 0.29) is 23.0 Å². The minimum Gasteiger partial charge on any atom is -0.472 e. The molecule has 2 N–H and O–H groups in total. The van der Waals surface area contributed by atoms with Crippen LogP contribution >= 0.6 is 0 Å². The molecule has 172 valence electrons. The zero-order chi connectivity index (χ0) is 23.0. The van der Waals surface area contributed by atoms with Crippen LogP contribution in [0.25, 0.3) is 11.3 Å². The van der Waals surface area contributed by atoms with E-state index >= 15 is 0 Å². The molecule has 2 atom stereocenters. The molecule has 1 aliphatic carbocycles. The molecular formula is C25H28N4O3S. The molecule has 2 unspecified atom stereocenters. The predicted octanol–water partition coefficient (Wildman–Crippen LogP) is 5.07. The van der Waals surface area contributed by atoms with Gasteiger partial charge in [-0.3, -0.25) is 0 Å². The topological polar surface area (TPSA) is 93.2 Å². The number of hydrogen-bond acceptors (Lipinski definition) is 6. The Bertz CT molecular complexity index is 1270. The summed E-state index contributed by atoms with van der Waals surface area (Å²) in [6.07, 6.45) is 5.09. The molecule has 1 saturated carbocycles. The predicted molar refractivity (Wildman–Crippen MR) is 129 cm³/mol. The number of nitrogens with one attached hydrogen (secondary N) is 2. The Kier molecular flexibility index (Phi) is 5.70. The van der Waals surface area contributed by atoms with Crippen molar-refractivity contribution in [2.24, 2.45) is 0 Å². The van der Waals surface area contributed by atoms with E-state index in [4.69, 9.17) is 4.74 Å². The molecule has 5 rings (SSSR count). The molecular weight excluding hydrogens is 436 g/mol. The van der Waals surface area contributed by atoms with Gasteiger partial charge in [0.1, 0.15) is 6.10 Å². The first-order valence-corrected chi connectivity index (χ1v) is 12.9. The van der Waals surface area contributed by atoms with Gasteiger partial charge in [-0.2, -0.15) is 4.98 Å². The third kappa shape index (κ3) is 4.53. The fraction of sp³-hybridized carbons (Fsp3) is 0.360. The molecule has 2 aliphatic rings. The third-order valence-electron chi connectivity index (χ3n) is 6.39. The van der Waals surface area contributed by atoms with E-state index < -0.39 is 10.0 Å². The van der Waals surface area contributed by atoms with Gasteiger partial charge in [-0.1, -0.05) is 37.1 Å². The standard InChI is InChI=1S/C25H28N4O3S/c1-16-8-6-9-17(2)24(16)21-15-23-28-25(27-21)29-33(30,31)19-11-7-10-18(14-19)26-20-12-4-3-5-13-22(20)32-23/h6-11,14-15,20,22,26H,3-5,12-13H2,1-2H3,(H,27,28,29). The molecule has 2 heterocycles. The summed E-state index contributed by atoms with van der Waals surface area (Å²) >= 11 is 0. The van der Waals surface area contributed by atoms with Crippen LogP contribution in [0.2, 0.25) is 0 Å². The van der Waals surface area contributed by atoms with Crippen LogP contribution in [0.3, 0.4) is 0 Å². The van der Waals surface area contributed by atoms with E-state index in [1.165, 1.54) is 0 Å². The molecule has 3 aromatic rings. The number of sulfonamides is 1. The maximum Gasteiger partial charge on any atom is 0.264 e. The average Bonchev–Trinajstić information content (AvgIpc) is 2.98. The minimum atomic E-state index is -3.87. The summed E-state index contributed by atoms with van der Waals surface area (Å²) in [4.78, 5) is 9.21. The van der Waals surface area contributed by atoms with Crippen LogP contribution in [0.5, 0.6) is 5.88 Å². The molecule has 8 heteroatoms. The molecule has 1 fully saturated rings. The Morgan fingerprint density at radius 2 is 1.70 bits per heavy atom. The van der Waals surface area contributed by atoms with Crippen LogP contribution in [0.15, 0.2) is 53.4 Å². The van der Waals surface area contributed by atoms with Crippen LogP contribution in [0.1, 0.15) is 43.2 Å². The molecule has 0 amide bonds. The second kappa shape index (κ2) is 8.67. The van der Waals surface area contributed by atoms with Crippen molar-refractivity contribution >= 4 is 21.7 Å². The lowest BCUT2D eigenvalue weighted by Gasteiger charge is -2.28. The molecule has 7 nitrogen and oxygen atoms in total. The lowest BCUT2D eigenvalue weighted by atomic mass is 10.00. The average molecular weight is 465 g/mol. The van der Waals surface area contributed by atoms with Crippen molar-refractivity contribution in [1.82, 2.24) is 9.97 Å². The summed E-state index contributed by atoms with van der Waals surface area (Å²) < 4.78 is 35.3. The first kappa shape index (κ1) is 21.7. The van der Waals surface area contributed by atoms with E-state index in [1.54, 1.807) is 18.2 Å². The van der Waals surface area contributed by atoms with Crippen molar-refractivity contribution in [3.63, 3.8) is 0 Å². The number of anilines is 2. The normalized spacial score (nSPS) is 21.6. The van der Waals surface area contributed by atoms with Gasteiger partial charge in [0.15, 0.2) is 0 Å². The Morgan fingerprint density at radius 3 is 2.52 bits per heavy atom. The number of nitrogens with zero attached hydrogens (tertiary/aromatic N) is 2. The van der Waals surface area contributed by atoms with Crippen LogP contribution in [0, 0.1) is 13.8 Å². The van der Waals surface area contributed by atoms with E-state index in [9.17, 15) is 8.42 Å². The highest BCUT2D eigenvalue weighted by molar-refractivity contribution is 7.92. The molecule has 0 radical (unpaired) electrons. The van der Waals surface area contributed by atoms with Crippen LogP contribution < -0.4 is 14.8 Å². The number of rotatable bonds is 1. The highest BCUT2D eigenvalue weighted by Crippen LogP contribution is 2.32. The van der Waals surface area contributed by atoms with E-state index in [2.05, 4.69) is 20.0 Å². The van der Waals surface area contributed by atoms with Gasteiger partial charge in [-0.15, -0.1) is 0 Å².